The molecule has 14 N–H and O–H groups in total. The lowest BCUT2D eigenvalue weighted by atomic mass is 9.99. The highest BCUT2D eigenvalue weighted by molar-refractivity contribution is 5.97. The zero-order valence-corrected chi connectivity index (χ0v) is 44.7. The molecular formula is C62H62N4O18. The van der Waals surface area contributed by atoms with Crippen molar-refractivity contribution in [3.63, 3.8) is 0 Å². The molecule has 12 rings (SSSR count). The number of nitrogens with zero attached hydrogens (tertiary/aromatic N) is 2. The Morgan fingerprint density at radius 2 is 0.702 bits per heavy atom. The largest absolute Gasteiger partial charge is 0.462 e. The first-order valence-corrected chi connectivity index (χ1v) is 27.4. The van der Waals surface area contributed by atoms with E-state index in [1.807, 2.05) is 84.9 Å². The highest BCUT2D eigenvalue weighted by Crippen LogP contribution is 2.41. The average molecular weight is 1150 g/mol. The van der Waals surface area contributed by atoms with Gasteiger partial charge in [-0.05, 0) is 108 Å². The summed E-state index contributed by atoms with van der Waals surface area (Å²) in [5, 5.41) is 126. The van der Waals surface area contributed by atoms with Gasteiger partial charge in [0.25, 0.3) is 0 Å². The van der Waals surface area contributed by atoms with Crippen molar-refractivity contribution in [3.05, 3.63) is 150 Å². The van der Waals surface area contributed by atoms with Crippen molar-refractivity contribution < 1.29 is 89.7 Å². The van der Waals surface area contributed by atoms with Gasteiger partial charge in [0.05, 0.1) is 42.6 Å². The minimum Gasteiger partial charge on any atom is -0.462 e. The van der Waals surface area contributed by atoms with Crippen LogP contribution in [0.3, 0.4) is 0 Å². The standard InChI is InChI=1S/C62H62N4O18/c67-26-44-51(70)54(73)57(76)60(82-44)79-33-12-4-9-30(23-33)48-38-17-15-36(63-38)47(29-7-2-1-3-8-29)37-16-18-39(64-37)49(31-10-5-13-34(24-31)80-61-58(77)55(74)52(71)45(27-68)83-61)41-20-22-43(66-41)50(42-21-19-40(48)65-42)32-11-6-14-35(25-32)81-62-59(78)56(75)53(72)46(28-69)84-62/h1-15,17,19-25,44-46,51-63,66-78H,16,18,26-28H2/t44-,45-,46-,51-,52-,53-,54+,55+,56+,57-,58-,59-,60-,61-,62-/m1/s1. The van der Waals surface area contributed by atoms with E-state index in [-0.39, 0.29) is 17.2 Å². The van der Waals surface area contributed by atoms with Crippen LogP contribution in [0.2, 0.25) is 0 Å². The Balaban J connectivity index is 1.08. The van der Waals surface area contributed by atoms with Gasteiger partial charge in [0.2, 0.25) is 18.9 Å². The first kappa shape index (κ1) is 57.0. The van der Waals surface area contributed by atoms with E-state index in [9.17, 15) is 61.3 Å². The van der Waals surface area contributed by atoms with Crippen LogP contribution in [-0.2, 0) is 27.1 Å². The highest BCUT2D eigenvalue weighted by Gasteiger charge is 2.47. The minimum absolute atomic E-state index is 0.190. The maximum Gasteiger partial charge on any atom is 0.229 e. The average Bonchev–Trinajstić information content (AvgIpc) is 4.56. The van der Waals surface area contributed by atoms with Crippen LogP contribution in [0.25, 0.3) is 78.7 Å². The Kier molecular flexibility index (Phi) is 16.2. The molecule has 8 heterocycles. The normalized spacial score (nSPS) is 28.7. The van der Waals surface area contributed by atoms with E-state index in [0.29, 0.717) is 79.9 Å². The second kappa shape index (κ2) is 23.9. The second-order valence-corrected chi connectivity index (χ2v) is 21.2. The third-order valence-corrected chi connectivity index (χ3v) is 15.8. The Morgan fingerprint density at radius 3 is 1.07 bits per heavy atom. The molecule has 3 saturated heterocycles. The third kappa shape index (κ3) is 10.9. The predicted molar refractivity (Wildman–Crippen MR) is 302 cm³/mol. The number of aliphatic hydroxyl groups is 12. The lowest BCUT2D eigenvalue weighted by Crippen LogP contribution is -2.60. The van der Waals surface area contributed by atoms with Gasteiger partial charge in [-0.3, -0.25) is 4.98 Å². The van der Waals surface area contributed by atoms with Crippen molar-refractivity contribution in [3.8, 4) is 61.8 Å². The van der Waals surface area contributed by atoms with Crippen LogP contribution in [0, 0.1) is 0 Å². The van der Waals surface area contributed by atoms with Gasteiger partial charge < -0.3 is 99.7 Å². The number of aromatic amines is 2. The van der Waals surface area contributed by atoms with Gasteiger partial charge in [0.1, 0.15) is 90.5 Å². The number of hydrogen-bond donors (Lipinski definition) is 14. The number of rotatable bonds is 13. The molecule has 22 nitrogen and oxygen atoms in total. The van der Waals surface area contributed by atoms with E-state index >= 15 is 0 Å². The molecule has 3 aromatic heterocycles. The number of H-pyrrole nitrogens is 2. The zero-order chi connectivity index (χ0) is 58.5. The van der Waals surface area contributed by atoms with Gasteiger partial charge in [-0.2, -0.15) is 0 Å². The fraction of sp³-hybridized carbons (Fsp3) is 0.323. The molecular weight excluding hydrogens is 1090 g/mol. The Labute approximate surface area is 478 Å². The topological polar surface area (TPSA) is 356 Å². The molecule has 0 spiro atoms. The molecule has 0 amide bonds. The number of nitrogens with one attached hydrogen (secondary N) is 2. The van der Waals surface area contributed by atoms with Gasteiger partial charge in [0, 0.05) is 44.3 Å². The molecule has 5 aliphatic rings. The lowest BCUT2D eigenvalue weighted by molar-refractivity contribution is -0.277. The molecule has 0 saturated carbocycles. The molecule has 15 atom stereocenters. The molecule has 438 valence electrons. The summed E-state index contributed by atoms with van der Waals surface area (Å²) in [5.74, 6) is 0.640. The summed E-state index contributed by atoms with van der Waals surface area (Å²) in [5.41, 5.74) is 10.3. The molecule has 5 aliphatic heterocycles. The van der Waals surface area contributed by atoms with Crippen LogP contribution in [-0.4, -0.2) is 193 Å². The summed E-state index contributed by atoms with van der Waals surface area (Å²) >= 11 is 0. The van der Waals surface area contributed by atoms with Crippen LogP contribution in [0.5, 0.6) is 17.2 Å². The number of aromatic nitrogens is 4. The van der Waals surface area contributed by atoms with E-state index in [2.05, 4.69) is 9.97 Å². The van der Waals surface area contributed by atoms with Gasteiger partial charge >= 0.3 is 0 Å². The van der Waals surface area contributed by atoms with Crippen molar-refractivity contribution in [1.82, 2.24) is 19.9 Å². The van der Waals surface area contributed by atoms with E-state index in [1.54, 1.807) is 54.6 Å². The lowest BCUT2D eigenvalue weighted by Gasteiger charge is -2.39. The summed E-state index contributed by atoms with van der Waals surface area (Å²) in [6, 6.07) is 38.4. The molecule has 84 heavy (non-hydrogen) atoms. The maximum atomic E-state index is 11.0. The highest BCUT2D eigenvalue weighted by atomic mass is 16.7. The number of fused-ring (bicyclic) bond motifs is 8. The Hall–Kier alpha value is -7.46. The molecule has 22 heteroatoms. The van der Waals surface area contributed by atoms with E-state index in [1.165, 1.54) is 0 Å². The molecule has 0 unspecified atom stereocenters. The van der Waals surface area contributed by atoms with Crippen LogP contribution >= 0.6 is 0 Å². The molecule has 0 aliphatic carbocycles. The minimum atomic E-state index is -1.69. The second-order valence-electron chi connectivity index (χ2n) is 21.2. The number of aryl methyl sites for hydroxylation is 2. The van der Waals surface area contributed by atoms with E-state index < -0.39 is 112 Å². The summed E-state index contributed by atoms with van der Waals surface area (Å²) in [7, 11) is 0. The molecule has 7 aromatic rings. The van der Waals surface area contributed by atoms with Gasteiger partial charge in [-0.1, -0.05) is 66.7 Å². The molecule has 0 radical (unpaired) electrons. The van der Waals surface area contributed by atoms with E-state index in [4.69, 9.17) is 38.4 Å². The number of benzene rings is 4. The van der Waals surface area contributed by atoms with Crippen LogP contribution in [0.15, 0.2) is 127 Å². The van der Waals surface area contributed by atoms with Gasteiger partial charge in [0.15, 0.2) is 0 Å². The fourth-order valence-corrected chi connectivity index (χ4v) is 11.4. The summed E-state index contributed by atoms with van der Waals surface area (Å²) in [6.45, 7) is -1.94. The predicted octanol–water partition coefficient (Wildman–Crippen LogP) is 2.47. The van der Waals surface area contributed by atoms with Crippen molar-refractivity contribution >= 4 is 34.2 Å². The number of hydrogen-bond acceptors (Lipinski definition) is 20. The summed E-state index contributed by atoms with van der Waals surface area (Å²) < 4.78 is 35.7. The van der Waals surface area contributed by atoms with Gasteiger partial charge in [-0.25, -0.2) is 4.98 Å². The van der Waals surface area contributed by atoms with Crippen molar-refractivity contribution in [2.45, 2.75) is 105 Å². The smallest absolute Gasteiger partial charge is 0.229 e. The zero-order valence-electron chi connectivity index (χ0n) is 44.7. The summed E-state index contributed by atoms with van der Waals surface area (Å²) in [4.78, 5) is 18.2. The fourth-order valence-electron chi connectivity index (χ4n) is 11.4. The van der Waals surface area contributed by atoms with Crippen LogP contribution in [0.4, 0.5) is 0 Å². The number of ether oxygens (including phenoxy) is 6. The van der Waals surface area contributed by atoms with Crippen molar-refractivity contribution in [2.75, 3.05) is 19.8 Å². The van der Waals surface area contributed by atoms with Crippen molar-refractivity contribution in [1.29, 1.82) is 0 Å². The van der Waals surface area contributed by atoms with Crippen LogP contribution in [0.1, 0.15) is 22.8 Å². The monoisotopic (exact) mass is 1150 g/mol. The number of aliphatic hydroxyl groups excluding tert-OH is 12. The SMILES string of the molecule is OC[C@H]1O[C@@H](Oc2cccc(-c3c4nc(c(-c5cccc(O[C@@H]6O[C@H](CO)[C@@H](O)[C@H](O)[C@H]6O)c5)c5ccc([nH]5)c(-c5cccc(O[C@@H]6O[C@H](CO)[C@@H](O)[C@H](O)[C@H]6O)c5)c5nc(c(-c6ccccc6)c6ccc3[nH]6)CC5)C=C4)c2)[C@H](O)[C@@H](O)[C@@H]1O. The van der Waals surface area contributed by atoms with Crippen LogP contribution < -0.4 is 14.2 Å². The molecule has 8 bridgehead atoms. The first-order valence-electron chi connectivity index (χ1n) is 27.4. The quantitative estimate of drug-likeness (QED) is 0.0788. The Bertz CT molecular complexity index is 3720. The Morgan fingerprint density at radius 1 is 0.369 bits per heavy atom. The summed E-state index contributed by atoms with van der Waals surface area (Å²) in [6.07, 6.45) is -18.2. The third-order valence-electron chi connectivity index (χ3n) is 15.8. The molecule has 4 aromatic carbocycles. The van der Waals surface area contributed by atoms with Gasteiger partial charge in [-0.15, -0.1) is 0 Å². The van der Waals surface area contributed by atoms with Crippen molar-refractivity contribution in [2.24, 2.45) is 0 Å². The first-order chi connectivity index (χ1) is 40.7. The van der Waals surface area contributed by atoms with E-state index in [0.717, 1.165) is 22.3 Å². The maximum absolute atomic E-state index is 11.0. The molecule has 3 fully saturated rings.